The molecule has 2 amide bonds. The van der Waals surface area contributed by atoms with E-state index in [9.17, 15) is 14.0 Å². The number of anilines is 1. The van der Waals surface area contributed by atoms with Crippen LogP contribution in [0.15, 0.2) is 18.2 Å². The lowest BCUT2D eigenvalue weighted by Gasteiger charge is -2.32. The molecule has 0 radical (unpaired) electrons. The lowest BCUT2D eigenvalue weighted by Crippen LogP contribution is -2.44. The number of hydrogen-bond donors (Lipinski definition) is 2. The Kier molecular flexibility index (Phi) is 6.69. The number of fused-ring (bicyclic) bond motifs is 1. The maximum absolute atomic E-state index is 13.3. The molecule has 0 aliphatic carbocycles. The fourth-order valence-corrected chi connectivity index (χ4v) is 4.22. The zero-order valence-electron chi connectivity index (χ0n) is 17.0. The largest absolute Gasteiger partial charge is 0.444 e. The van der Waals surface area contributed by atoms with Crippen molar-refractivity contribution in [3.63, 3.8) is 0 Å². The number of thiazole rings is 1. The third-order valence-electron chi connectivity index (χ3n) is 4.50. The van der Waals surface area contributed by atoms with E-state index in [0.29, 0.717) is 21.9 Å². The van der Waals surface area contributed by atoms with Crippen molar-refractivity contribution in [1.29, 1.82) is 0 Å². The summed E-state index contributed by atoms with van der Waals surface area (Å²) in [6, 6.07) is 4.37. The fourth-order valence-electron chi connectivity index (χ4n) is 3.32. The van der Waals surface area contributed by atoms with Crippen LogP contribution in [-0.4, -0.2) is 53.7 Å². The molecule has 1 aliphatic rings. The van der Waals surface area contributed by atoms with Gasteiger partial charge < -0.3 is 15.4 Å². The van der Waals surface area contributed by atoms with E-state index in [-0.39, 0.29) is 24.2 Å². The summed E-state index contributed by atoms with van der Waals surface area (Å²) in [5.41, 5.74) is 0.144. The van der Waals surface area contributed by atoms with Gasteiger partial charge in [-0.3, -0.25) is 9.69 Å². The van der Waals surface area contributed by atoms with Gasteiger partial charge in [-0.1, -0.05) is 11.3 Å². The number of piperidine rings is 1. The quantitative estimate of drug-likeness (QED) is 0.769. The second-order valence-corrected chi connectivity index (χ2v) is 9.34. The monoisotopic (exact) mass is 422 g/mol. The van der Waals surface area contributed by atoms with Crippen molar-refractivity contribution in [2.75, 3.05) is 31.5 Å². The lowest BCUT2D eigenvalue weighted by atomic mass is 9.98. The number of amides is 2. The number of alkyl carbamates (subject to hydrolysis) is 1. The minimum absolute atomic E-state index is 0.148. The summed E-state index contributed by atoms with van der Waals surface area (Å²) in [5.74, 6) is -0.196. The molecule has 0 bridgehead atoms. The molecule has 0 spiro atoms. The average molecular weight is 423 g/mol. The molecule has 1 saturated heterocycles. The van der Waals surface area contributed by atoms with Crippen LogP contribution in [-0.2, 0) is 9.53 Å². The van der Waals surface area contributed by atoms with E-state index in [4.69, 9.17) is 4.74 Å². The number of ether oxygens (including phenoxy) is 1. The predicted octanol–water partition coefficient (Wildman–Crippen LogP) is 3.61. The van der Waals surface area contributed by atoms with Crippen molar-refractivity contribution >= 4 is 38.7 Å². The van der Waals surface area contributed by atoms with Gasteiger partial charge in [0, 0.05) is 13.1 Å². The number of aromatic nitrogens is 1. The second kappa shape index (κ2) is 9.04. The second-order valence-electron chi connectivity index (χ2n) is 8.31. The predicted molar refractivity (Wildman–Crippen MR) is 112 cm³/mol. The van der Waals surface area contributed by atoms with Crippen molar-refractivity contribution in [3.8, 4) is 0 Å². The highest BCUT2D eigenvalue weighted by Crippen LogP contribution is 2.26. The molecular formula is C20H27FN4O3S. The maximum Gasteiger partial charge on any atom is 0.407 e. The number of hydrogen-bond acceptors (Lipinski definition) is 6. The van der Waals surface area contributed by atoms with Gasteiger partial charge in [0.15, 0.2) is 5.13 Å². The van der Waals surface area contributed by atoms with Crippen LogP contribution in [0.25, 0.3) is 10.2 Å². The topological polar surface area (TPSA) is 83.6 Å². The SMILES string of the molecule is CC(C)(C)OC(=O)NCC1CCCN(CC(=O)Nc2nc3ccc(F)cc3s2)C1. The molecule has 2 aromatic rings. The van der Waals surface area contributed by atoms with E-state index in [2.05, 4.69) is 20.5 Å². The summed E-state index contributed by atoms with van der Waals surface area (Å²) in [5, 5.41) is 6.09. The van der Waals surface area contributed by atoms with Gasteiger partial charge in [-0.25, -0.2) is 14.2 Å². The Labute approximate surface area is 173 Å². The smallest absolute Gasteiger partial charge is 0.407 e. The normalized spacial score (nSPS) is 17.9. The van der Waals surface area contributed by atoms with E-state index in [0.717, 1.165) is 25.9 Å². The van der Waals surface area contributed by atoms with Gasteiger partial charge in [-0.2, -0.15) is 0 Å². The van der Waals surface area contributed by atoms with Crippen molar-refractivity contribution in [1.82, 2.24) is 15.2 Å². The van der Waals surface area contributed by atoms with Crippen molar-refractivity contribution in [3.05, 3.63) is 24.0 Å². The zero-order chi connectivity index (χ0) is 21.0. The number of likely N-dealkylation sites (tertiary alicyclic amines) is 1. The zero-order valence-corrected chi connectivity index (χ0v) is 17.8. The fraction of sp³-hybridized carbons (Fsp3) is 0.550. The van der Waals surface area contributed by atoms with Crippen LogP contribution in [0.2, 0.25) is 0 Å². The Morgan fingerprint density at radius 2 is 2.17 bits per heavy atom. The maximum atomic E-state index is 13.3. The van der Waals surface area contributed by atoms with E-state index in [1.54, 1.807) is 6.07 Å². The number of nitrogens with one attached hydrogen (secondary N) is 2. The van der Waals surface area contributed by atoms with Gasteiger partial charge >= 0.3 is 6.09 Å². The van der Waals surface area contributed by atoms with Crippen molar-refractivity contribution in [2.45, 2.75) is 39.2 Å². The summed E-state index contributed by atoms with van der Waals surface area (Å²) in [7, 11) is 0. The molecule has 158 valence electrons. The summed E-state index contributed by atoms with van der Waals surface area (Å²) < 4.78 is 19.3. The van der Waals surface area contributed by atoms with Gasteiger partial charge in [-0.05, 0) is 64.3 Å². The molecule has 1 aromatic heterocycles. The minimum atomic E-state index is -0.521. The van der Waals surface area contributed by atoms with Crippen LogP contribution in [0.5, 0.6) is 0 Å². The molecule has 9 heteroatoms. The Bertz CT molecular complexity index is 880. The highest BCUT2D eigenvalue weighted by molar-refractivity contribution is 7.22. The third-order valence-corrected chi connectivity index (χ3v) is 5.43. The molecule has 1 aliphatic heterocycles. The molecule has 29 heavy (non-hydrogen) atoms. The minimum Gasteiger partial charge on any atom is -0.444 e. The van der Waals surface area contributed by atoms with Gasteiger partial charge in [0.05, 0.1) is 16.8 Å². The Hall–Kier alpha value is -2.26. The molecule has 1 fully saturated rings. The first-order chi connectivity index (χ1) is 13.7. The van der Waals surface area contributed by atoms with E-state index in [1.807, 2.05) is 20.8 Å². The number of benzene rings is 1. The number of rotatable bonds is 5. The van der Waals surface area contributed by atoms with Crippen LogP contribution in [0.4, 0.5) is 14.3 Å². The highest BCUT2D eigenvalue weighted by Gasteiger charge is 2.23. The highest BCUT2D eigenvalue weighted by atomic mass is 32.1. The van der Waals surface area contributed by atoms with E-state index in [1.165, 1.54) is 23.5 Å². The molecular weight excluding hydrogens is 395 g/mol. The third kappa shape index (κ3) is 6.64. The lowest BCUT2D eigenvalue weighted by molar-refractivity contribution is -0.117. The first kappa shape index (κ1) is 21.4. The summed E-state index contributed by atoms with van der Waals surface area (Å²) >= 11 is 1.26. The van der Waals surface area contributed by atoms with Gasteiger partial charge in [-0.15, -0.1) is 0 Å². The Balaban J connectivity index is 1.46. The van der Waals surface area contributed by atoms with Gasteiger partial charge in [0.25, 0.3) is 0 Å². The molecule has 0 saturated carbocycles. The molecule has 2 N–H and O–H groups in total. The molecule has 7 nitrogen and oxygen atoms in total. The molecule has 1 unspecified atom stereocenters. The van der Waals surface area contributed by atoms with Crippen molar-refractivity contribution < 1.29 is 18.7 Å². The van der Waals surface area contributed by atoms with Crippen LogP contribution in [0.3, 0.4) is 0 Å². The number of carbonyl (C=O) groups is 2. The van der Waals surface area contributed by atoms with E-state index >= 15 is 0 Å². The van der Waals surface area contributed by atoms with Crippen LogP contribution in [0.1, 0.15) is 33.6 Å². The van der Waals surface area contributed by atoms with Gasteiger partial charge in [0.2, 0.25) is 5.91 Å². The van der Waals surface area contributed by atoms with Crippen LogP contribution in [0, 0.1) is 11.7 Å². The molecule has 1 aromatic carbocycles. The summed E-state index contributed by atoms with van der Waals surface area (Å²) in [4.78, 5) is 30.6. The molecule has 1 atom stereocenters. The number of halogens is 1. The first-order valence-electron chi connectivity index (χ1n) is 9.73. The average Bonchev–Trinajstić information content (AvgIpc) is 3.00. The Morgan fingerprint density at radius 3 is 2.93 bits per heavy atom. The molecule has 2 heterocycles. The first-order valence-corrected chi connectivity index (χ1v) is 10.5. The summed E-state index contributed by atoms with van der Waals surface area (Å²) in [6.07, 6.45) is 1.55. The molecule has 3 rings (SSSR count). The standard InChI is InChI=1S/C20H27FN4O3S/c1-20(2,3)28-19(27)22-10-13-5-4-8-25(11-13)12-17(26)24-18-23-15-7-6-14(21)9-16(15)29-18/h6-7,9,13H,4-5,8,10-12H2,1-3H3,(H,22,27)(H,23,24,26). The van der Waals surface area contributed by atoms with Crippen LogP contribution >= 0.6 is 11.3 Å². The van der Waals surface area contributed by atoms with Gasteiger partial charge in [0.1, 0.15) is 11.4 Å². The number of nitrogens with zero attached hydrogens (tertiary/aromatic N) is 2. The number of carbonyl (C=O) groups excluding carboxylic acids is 2. The van der Waals surface area contributed by atoms with E-state index < -0.39 is 11.7 Å². The van der Waals surface area contributed by atoms with Crippen LogP contribution < -0.4 is 10.6 Å². The van der Waals surface area contributed by atoms with Crippen molar-refractivity contribution in [2.24, 2.45) is 5.92 Å². The Morgan fingerprint density at radius 1 is 1.38 bits per heavy atom. The summed E-state index contributed by atoms with van der Waals surface area (Å²) in [6.45, 7) is 7.83.